The predicted octanol–water partition coefficient (Wildman–Crippen LogP) is 2.93. The van der Waals surface area contributed by atoms with Gasteiger partial charge in [-0.05, 0) is 36.8 Å². The van der Waals surface area contributed by atoms with Crippen LogP contribution in [0.5, 0.6) is 5.75 Å². The van der Waals surface area contributed by atoms with Gasteiger partial charge in [0.25, 0.3) is 0 Å². The van der Waals surface area contributed by atoms with E-state index in [4.69, 9.17) is 4.74 Å². The summed E-state index contributed by atoms with van der Waals surface area (Å²) in [7, 11) is 0. The lowest BCUT2D eigenvalue weighted by molar-refractivity contribution is -0.131. The minimum absolute atomic E-state index is 0.382. The van der Waals surface area contributed by atoms with Crippen molar-refractivity contribution in [2.45, 2.75) is 13.8 Å². The van der Waals surface area contributed by atoms with Gasteiger partial charge in [-0.3, -0.25) is 4.79 Å². The van der Waals surface area contributed by atoms with Crippen molar-refractivity contribution >= 4 is 17.0 Å². The molecule has 0 saturated heterocycles. The SMILES string of the molecule is CC(=O)Oc1ccccc1-c1nnc2ccc(C)cc2n1. The first-order valence-corrected chi connectivity index (χ1v) is 6.52. The molecule has 0 unspecified atom stereocenters. The Morgan fingerprint density at radius 2 is 1.86 bits per heavy atom. The molecule has 5 heteroatoms. The summed E-state index contributed by atoms with van der Waals surface area (Å²) in [5, 5.41) is 8.29. The van der Waals surface area contributed by atoms with Crippen molar-refractivity contribution in [1.29, 1.82) is 0 Å². The van der Waals surface area contributed by atoms with Crippen LogP contribution >= 0.6 is 0 Å². The van der Waals surface area contributed by atoms with Crippen molar-refractivity contribution in [3.05, 3.63) is 48.0 Å². The van der Waals surface area contributed by atoms with Crippen molar-refractivity contribution in [1.82, 2.24) is 15.2 Å². The second-order valence-corrected chi connectivity index (χ2v) is 4.72. The van der Waals surface area contributed by atoms with Gasteiger partial charge in [-0.15, -0.1) is 10.2 Å². The number of ether oxygens (including phenoxy) is 1. The summed E-state index contributed by atoms with van der Waals surface area (Å²) < 4.78 is 5.19. The normalized spacial score (nSPS) is 10.6. The third-order valence-electron chi connectivity index (χ3n) is 2.99. The Kier molecular flexibility index (Phi) is 3.31. The maximum absolute atomic E-state index is 11.2. The molecule has 0 atom stereocenters. The van der Waals surface area contributed by atoms with E-state index in [9.17, 15) is 4.79 Å². The molecule has 0 aliphatic carbocycles. The Morgan fingerprint density at radius 1 is 1.05 bits per heavy atom. The fourth-order valence-corrected chi connectivity index (χ4v) is 2.05. The van der Waals surface area contributed by atoms with Gasteiger partial charge >= 0.3 is 5.97 Å². The van der Waals surface area contributed by atoms with Gasteiger partial charge in [-0.2, -0.15) is 0 Å². The van der Waals surface area contributed by atoms with Gasteiger partial charge in [0, 0.05) is 6.92 Å². The molecular formula is C16H13N3O2. The van der Waals surface area contributed by atoms with Crippen LogP contribution in [-0.4, -0.2) is 21.2 Å². The third-order valence-corrected chi connectivity index (χ3v) is 2.99. The number of benzene rings is 2. The third kappa shape index (κ3) is 2.72. The summed E-state index contributed by atoms with van der Waals surface area (Å²) in [6, 6.07) is 12.9. The molecule has 0 aliphatic heterocycles. The van der Waals surface area contributed by atoms with Gasteiger partial charge in [0.15, 0.2) is 5.82 Å². The summed E-state index contributed by atoms with van der Waals surface area (Å²) in [5.74, 6) is 0.482. The highest BCUT2D eigenvalue weighted by atomic mass is 16.5. The average Bonchev–Trinajstić information content (AvgIpc) is 2.46. The molecule has 0 radical (unpaired) electrons. The van der Waals surface area contributed by atoms with Gasteiger partial charge in [0.1, 0.15) is 11.3 Å². The highest BCUT2D eigenvalue weighted by Gasteiger charge is 2.11. The van der Waals surface area contributed by atoms with Crippen LogP contribution in [0.3, 0.4) is 0 Å². The smallest absolute Gasteiger partial charge is 0.308 e. The van der Waals surface area contributed by atoms with Gasteiger partial charge in [-0.1, -0.05) is 18.2 Å². The van der Waals surface area contributed by atoms with E-state index >= 15 is 0 Å². The molecule has 1 aromatic heterocycles. The average molecular weight is 279 g/mol. The fraction of sp³-hybridized carbons (Fsp3) is 0.125. The molecule has 0 saturated carbocycles. The Balaban J connectivity index is 2.14. The van der Waals surface area contributed by atoms with E-state index in [1.54, 1.807) is 18.2 Å². The highest BCUT2D eigenvalue weighted by Crippen LogP contribution is 2.27. The monoisotopic (exact) mass is 279 g/mol. The number of para-hydroxylation sites is 1. The molecule has 0 fully saturated rings. The molecule has 0 N–H and O–H groups in total. The lowest BCUT2D eigenvalue weighted by Gasteiger charge is -2.07. The molecular weight excluding hydrogens is 266 g/mol. The largest absolute Gasteiger partial charge is 0.426 e. The Bertz CT molecular complexity index is 831. The first-order valence-electron chi connectivity index (χ1n) is 6.52. The van der Waals surface area contributed by atoms with Crippen LogP contribution in [0, 0.1) is 6.92 Å². The number of carbonyl (C=O) groups excluding carboxylic acids is 1. The number of aryl methyl sites for hydroxylation is 1. The molecule has 3 rings (SSSR count). The number of fused-ring (bicyclic) bond motifs is 1. The standard InChI is InChI=1S/C16H13N3O2/c1-10-7-8-13-14(9-10)17-16(19-18-13)12-5-3-4-6-15(12)21-11(2)20/h3-9H,1-2H3. The second-order valence-electron chi connectivity index (χ2n) is 4.72. The number of hydrogen-bond acceptors (Lipinski definition) is 5. The van der Waals surface area contributed by atoms with Gasteiger partial charge in [0.2, 0.25) is 0 Å². The molecule has 2 aromatic carbocycles. The maximum atomic E-state index is 11.2. The van der Waals surface area contributed by atoms with Crippen LogP contribution in [0.2, 0.25) is 0 Å². The topological polar surface area (TPSA) is 65.0 Å². The van der Waals surface area contributed by atoms with Crippen molar-refractivity contribution < 1.29 is 9.53 Å². The lowest BCUT2D eigenvalue weighted by atomic mass is 10.1. The van der Waals surface area contributed by atoms with Crippen LogP contribution in [0.15, 0.2) is 42.5 Å². The van der Waals surface area contributed by atoms with Gasteiger partial charge < -0.3 is 4.74 Å². The summed E-state index contributed by atoms with van der Waals surface area (Å²) in [6.45, 7) is 3.35. The molecule has 5 nitrogen and oxygen atoms in total. The van der Waals surface area contributed by atoms with Crippen LogP contribution in [-0.2, 0) is 4.79 Å². The molecule has 0 bridgehead atoms. The quantitative estimate of drug-likeness (QED) is 0.533. The number of aromatic nitrogens is 3. The Labute approximate surface area is 121 Å². The zero-order chi connectivity index (χ0) is 14.8. The van der Waals surface area contributed by atoms with Crippen LogP contribution in [0.1, 0.15) is 12.5 Å². The predicted molar refractivity (Wildman–Crippen MR) is 78.8 cm³/mol. The Morgan fingerprint density at radius 3 is 2.67 bits per heavy atom. The number of carbonyl (C=O) groups is 1. The zero-order valence-electron chi connectivity index (χ0n) is 11.7. The number of hydrogen-bond donors (Lipinski definition) is 0. The molecule has 21 heavy (non-hydrogen) atoms. The van der Waals surface area contributed by atoms with E-state index in [0.717, 1.165) is 16.6 Å². The molecule has 3 aromatic rings. The van der Waals surface area contributed by atoms with Crippen LogP contribution in [0.25, 0.3) is 22.4 Å². The fourth-order valence-electron chi connectivity index (χ4n) is 2.05. The molecule has 0 spiro atoms. The highest BCUT2D eigenvalue weighted by molar-refractivity contribution is 5.78. The van der Waals surface area contributed by atoms with Crippen molar-refractivity contribution in [2.24, 2.45) is 0 Å². The van der Waals surface area contributed by atoms with Gasteiger partial charge in [0.05, 0.1) is 11.1 Å². The second kappa shape index (κ2) is 5.28. The first kappa shape index (κ1) is 13.2. The minimum atomic E-state index is -0.382. The minimum Gasteiger partial charge on any atom is -0.426 e. The van der Waals surface area contributed by atoms with E-state index in [1.807, 2.05) is 31.2 Å². The summed E-state index contributed by atoms with van der Waals surface area (Å²) in [6.07, 6.45) is 0. The van der Waals surface area contributed by atoms with E-state index in [0.29, 0.717) is 17.1 Å². The molecule has 104 valence electrons. The summed E-state index contributed by atoms with van der Waals surface area (Å²) in [4.78, 5) is 15.7. The van der Waals surface area contributed by atoms with E-state index in [2.05, 4.69) is 15.2 Å². The summed E-state index contributed by atoms with van der Waals surface area (Å²) >= 11 is 0. The number of esters is 1. The summed E-state index contributed by atoms with van der Waals surface area (Å²) in [5.41, 5.74) is 3.23. The van der Waals surface area contributed by atoms with Crippen LogP contribution < -0.4 is 4.74 Å². The number of nitrogens with zero attached hydrogens (tertiary/aromatic N) is 3. The number of rotatable bonds is 2. The van der Waals surface area contributed by atoms with Gasteiger partial charge in [-0.25, -0.2) is 4.98 Å². The maximum Gasteiger partial charge on any atom is 0.308 e. The Hall–Kier alpha value is -2.82. The van der Waals surface area contributed by atoms with E-state index < -0.39 is 0 Å². The first-order chi connectivity index (χ1) is 10.1. The van der Waals surface area contributed by atoms with Crippen molar-refractivity contribution in [2.75, 3.05) is 0 Å². The van der Waals surface area contributed by atoms with Crippen LogP contribution in [0.4, 0.5) is 0 Å². The molecule has 0 aliphatic rings. The van der Waals surface area contributed by atoms with E-state index in [-0.39, 0.29) is 5.97 Å². The van der Waals surface area contributed by atoms with Crippen molar-refractivity contribution in [3.63, 3.8) is 0 Å². The van der Waals surface area contributed by atoms with E-state index in [1.165, 1.54) is 6.92 Å². The lowest BCUT2D eigenvalue weighted by Crippen LogP contribution is -2.04. The molecule has 0 amide bonds. The zero-order valence-corrected chi connectivity index (χ0v) is 11.7. The molecule has 1 heterocycles. The van der Waals surface area contributed by atoms with Crippen molar-refractivity contribution in [3.8, 4) is 17.1 Å².